The van der Waals surface area contributed by atoms with Gasteiger partial charge < -0.3 is 5.32 Å². The molecule has 66 valence electrons. The van der Waals surface area contributed by atoms with E-state index in [0.717, 1.165) is 11.8 Å². The van der Waals surface area contributed by atoms with Gasteiger partial charge >= 0.3 is 0 Å². The molecular formula is C10H21N. The maximum absolute atomic E-state index is 3.27. The van der Waals surface area contributed by atoms with Gasteiger partial charge in [0.2, 0.25) is 0 Å². The minimum Gasteiger partial charge on any atom is -0.319 e. The summed E-state index contributed by atoms with van der Waals surface area (Å²) in [6.45, 7) is 3.56. The summed E-state index contributed by atoms with van der Waals surface area (Å²) in [5.74, 6) is 2.02. The molecule has 0 atom stereocenters. The number of nitrogens with one attached hydrogen (secondary N) is 1. The van der Waals surface area contributed by atoms with E-state index in [9.17, 15) is 0 Å². The van der Waals surface area contributed by atoms with Crippen LogP contribution in [0.5, 0.6) is 0 Å². The first-order valence-electron chi connectivity index (χ1n) is 5.01. The van der Waals surface area contributed by atoms with Crippen molar-refractivity contribution in [2.45, 2.75) is 39.0 Å². The van der Waals surface area contributed by atoms with Crippen LogP contribution in [-0.4, -0.2) is 13.6 Å². The van der Waals surface area contributed by atoms with Gasteiger partial charge in [-0.15, -0.1) is 0 Å². The summed E-state index contributed by atoms with van der Waals surface area (Å²) < 4.78 is 0. The molecule has 0 radical (unpaired) electrons. The average Bonchev–Trinajstić information content (AvgIpc) is 2.07. The van der Waals surface area contributed by atoms with Crippen molar-refractivity contribution in [3.63, 3.8) is 0 Å². The highest BCUT2D eigenvalue weighted by Gasteiger charge is 2.18. The Morgan fingerprint density at radius 3 is 2.09 bits per heavy atom. The highest BCUT2D eigenvalue weighted by Crippen LogP contribution is 2.29. The monoisotopic (exact) mass is 155 g/mol. The van der Waals surface area contributed by atoms with E-state index >= 15 is 0 Å². The van der Waals surface area contributed by atoms with Crippen LogP contribution in [-0.2, 0) is 0 Å². The van der Waals surface area contributed by atoms with Crippen molar-refractivity contribution in [1.29, 1.82) is 0 Å². The zero-order valence-electron chi connectivity index (χ0n) is 7.90. The van der Waals surface area contributed by atoms with Gasteiger partial charge in [0.15, 0.2) is 0 Å². The Labute approximate surface area is 70.6 Å². The van der Waals surface area contributed by atoms with Crippen LogP contribution in [0.25, 0.3) is 0 Å². The number of rotatable bonds is 3. The summed E-state index contributed by atoms with van der Waals surface area (Å²) in [5.41, 5.74) is 0. The van der Waals surface area contributed by atoms with E-state index in [4.69, 9.17) is 0 Å². The fourth-order valence-electron chi connectivity index (χ4n) is 2.13. The molecule has 0 aromatic rings. The van der Waals surface area contributed by atoms with Crippen LogP contribution < -0.4 is 5.32 Å². The third-order valence-corrected chi connectivity index (χ3v) is 3.04. The molecule has 1 aliphatic carbocycles. The van der Waals surface area contributed by atoms with Gasteiger partial charge in [-0.2, -0.15) is 0 Å². The molecule has 0 amide bonds. The second kappa shape index (κ2) is 4.76. The van der Waals surface area contributed by atoms with Crippen LogP contribution in [0.3, 0.4) is 0 Å². The molecular weight excluding hydrogens is 134 g/mol. The van der Waals surface area contributed by atoms with Gasteiger partial charge in [-0.05, 0) is 38.3 Å². The van der Waals surface area contributed by atoms with E-state index < -0.39 is 0 Å². The van der Waals surface area contributed by atoms with Crippen LogP contribution in [0.15, 0.2) is 0 Å². The molecule has 1 nitrogen and oxygen atoms in total. The van der Waals surface area contributed by atoms with Crippen LogP contribution in [0.2, 0.25) is 0 Å². The SMILES string of the molecule is CC[C@H]1CC[C@H](CNC)CC1. The number of hydrogen-bond acceptors (Lipinski definition) is 1. The van der Waals surface area contributed by atoms with Crippen molar-refractivity contribution in [2.75, 3.05) is 13.6 Å². The van der Waals surface area contributed by atoms with Gasteiger partial charge in [0.1, 0.15) is 0 Å². The highest BCUT2D eigenvalue weighted by molar-refractivity contribution is 4.72. The first kappa shape index (κ1) is 9.05. The topological polar surface area (TPSA) is 12.0 Å². The van der Waals surface area contributed by atoms with Crippen molar-refractivity contribution in [3.8, 4) is 0 Å². The third kappa shape index (κ3) is 2.82. The Balaban J connectivity index is 2.14. The highest BCUT2D eigenvalue weighted by atomic mass is 14.8. The molecule has 0 spiro atoms. The van der Waals surface area contributed by atoms with Crippen molar-refractivity contribution in [1.82, 2.24) is 5.32 Å². The van der Waals surface area contributed by atoms with E-state index in [1.807, 2.05) is 0 Å². The molecule has 11 heavy (non-hydrogen) atoms. The molecule has 0 saturated heterocycles. The van der Waals surface area contributed by atoms with E-state index in [2.05, 4.69) is 19.3 Å². The fourth-order valence-corrected chi connectivity index (χ4v) is 2.13. The van der Waals surface area contributed by atoms with E-state index in [1.165, 1.54) is 38.6 Å². The lowest BCUT2D eigenvalue weighted by Gasteiger charge is -2.27. The number of hydrogen-bond donors (Lipinski definition) is 1. The summed E-state index contributed by atoms with van der Waals surface area (Å²) in [7, 11) is 2.06. The van der Waals surface area contributed by atoms with Crippen molar-refractivity contribution < 1.29 is 0 Å². The molecule has 1 rings (SSSR count). The van der Waals surface area contributed by atoms with Crippen molar-refractivity contribution in [2.24, 2.45) is 11.8 Å². The predicted octanol–water partition coefficient (Wildman–Crippen LogP) is 2.42. The standard InChI is InChI=1S/C10H21N/c1-3-9-4-6-10(7-5-9)8-11-2/h9-11H,3-8H2,1-2H3/t9-,10-. The molecule has 1 N–H and O–H groups in total. The molecule has 0 heterocycles. The van der Waals surface area contributed by atoms with Crippen LogP contribution in [0, 0.1) is 11.8 Å². The Morgan fingerprint density at radius 2 is 1.64 bits per heavy atom. The van der Waals surface area contributed by atoms with E-state index in [0.29, 0.717) is 0 Å². The van der Waals surface area contributed by atoms with Gasteiger partial charge in [0.05, 0.1) is 0 Å². The normalized spacial score (nSPS) is 32.2. The summed E-state index contributed by atoms with van der Waals surface area (Å²) >= 11 is 0. The van der Waals surface area contributed by atoms with Gasteiger partial charge in [0.25, 0.3) is 0 Å². The van der Waals surface area contributed by atoms with E-state index in [-0.39, 0.29) is 0 Å². The minimum atomic E-state index is 0.975. The molecule has 1 fully saturated rings. The smallest absolute Gasteiger partial charge is 0.00235 e. The summed E-state index contributed by atoms with van der Waals surface area (Å²) in [6, 6.07) is 0. The second-order valence-corrected chi connectivity index (χ2v) is 3.85. The summed E-state index contributed by atoms with van der Waals surface area (Å²) in [5, 5.41) is 3.27. The first-order valence-corrected chi connectivity index (χ1v) is 5.01. The second-order valence-electron chi connectivity index (χ2n) is 3.85. The van der Waals surface area contributed by atoms with Gasteiger partial charge in [-0.3, -0.25) is 0 Å². The molecule has 0 aromatic carbocycles. The molecule has 1 aliphatic rings. The molecule has 1 saturated carbocycles. The fraction of sp³-hybridized carbons (Fsp3) is 1.00. The quantitative estimate of drug-likeness (QED) is 0.660. The van der Waals surface area contributed by atoms with Crippen molar-refractivity contribution in [3.05, 3.63) is 0 Å². The van der Waals surface area contributed by atoms with Crippen LogP contribution >= 0.6 is 0 Å². The Bertz CT molecular complexity index is 93.0. The minimum absolute atomic E-state index is 0.975. The third-order valence-electron chi connectivity index (χ3n) is 3.04. The molecule has 0 aliphatic heterocycles. The molecule has 0 bridgehead atoms. The van der Waals surface area contributed by atoms with Crippen LogP contribution in [0.1, 0.15) is 39.0 Å². The molecule has 0 unspecified atom stereocenters. The summed E-state index contributed by atoms with van der Waals surface area (Å²) in [4.78, 5) is 0. The molecule has 1 heteroatoms. The van der Waals surface area contributed by atoms with Crippen molar-refractivity contribution >= 4 is 0 Å². The Kier molecular flexibility index (Phi) is 3.92. The van der Waals surface area contributed by atoms with Gasteiger partial charge in [0, 0.05) is 0 Å². The average molecular weight is 155 g/mol. The summed E-state index contributed by atoms with van der Waals surface area (Å²) in [6.07, 6.45) is 7.26. The van der Waals surface area contributed by atoms with Crippen LogP contribution in [0.4, 0.5) is 0 Å². The zero-order valence-corrected chi connectivity index (χ0v) is 7.90. The largest absolute Gasteiger partial charge is 0.319 e. The van der Waals surface area contributed by atoms with Gasteiger partial charge in [-0.25, -0.2) is 0 Å². The lowest BCUT2D eigenvalue weighted by molar-refractivity contribution is 0.266. The Hall–Kier alpha value is -0.0400. The lowest BCUT2D eigenvalue weighted by Crippen LogP contribution is -2.23. The molecule has 0 aromatic heterocycles. The maximum Gasteiger partial charge on any atom is -0.00235 e. The lowest BCUT2D eigenvalue weighted by atomic mass is 9.81. The van der Waals surface area contributed by atoms with E-state index in [1.54, 1.807) is 0 Å². The predicted molar refractivity (Wildman–Crippen MR) is 49.7 cm³/mol. The van der Waals surface area contributed by atoms with Gasteiger partial charge in [-0.1, -0.05) is 26.2 Å². The first-order chi connectivity index (χ1) is 5.36. The zero-order chi connectivity index (χ0) is 8.10. The maximum atomic E-state index is 3.27. The Morgan fingerprint density at radius 1 is 1.09 bits per heavy atom.